The minimum absolute atomic E-state index is 0.119. The van der Waals surface area contributed by atoms with Crippen molar-refractivity contribution >= 4 is 28.8 Å². The van der Waals surface area contributed by atoms with Crippen molar-refractivity contribution in [1.29, 1.82) is 0 Å². The van der Waals surface area contributed by atoms with Crippen LogP contribution in [0.5, 0.6) is 5.75 Å². The first-order chi connectivity index (χ1) is 14.9. The van der Waals surface area contributed by atoms with Gasteiger partial charge in [0.1, 0.15) is 22.8 Å². The van der Waals surface area contributed by atoms with Crippen molar-refractivity contribution in [2.24, 2.45) is 17.6 Å². The Morgan fingerprint density at radius 2 is 1.81 bits per heavy atom. The predicted molar refractivity (Wildman–Crippen MR) is 110 cm³/mol. The quantitative estimate of drug-likeness (QED) is 0.256. The van der Waals surface area contributed by atoms with E-state index in [0.717, 1.165) is 0 Å². The summed E-state index contributed by atoms with van der Waals surface area (Å²) < 4.78 is 0. The van der Waals surface area contributed by atoms with E-state index in [1.165, 1.54) is 32.3 Å². The number of phenolic OH excluding ortho intramolecular Hbond substituents is 1. The smallest absolute Gasteiger partial charge is 0.256 e. The summed E-state index contributed by atoms with van der Waals surface area (Å²) in [6.45, 7) is 3.92. The second kappa shape index (κ2) is 6.76. The number of primary amides is 1. The van der Waals surface area contributed by atoms with Gasteiger partial charge in [0.05, 0.1) is 37.3 Å². The number of hydrogen-bond acceptors (Lipinski definition) is 8. The van der Waals surface area contributed by atoms with Crippen molar-refractivity contribution < 1.29 is 44.8 Å². The van der Waals surface area contributed by atoms with Crippen LogP contribution in [0.2, 0.25) is 0 Å². The number of fused-ring (bicyclic) bond motifs is 3. The van der Waals surface area contributed by atoms with Gasteiger partial charge in [-0.1, -0.05) is 18.7 Å². The standard InChI is InChI=1S/C22H22N2O8/c1-7-8-5-4-6-9(25)11(8)16(26)12-10(7)17(27)14-15(24(2)3)18(28)13(21(23)31)20(30)22(14,32)19(12)29/h4-6,10,14-15,17,25-27,30,32H,1H2,2-3H3,(H2,23,31)/p+1/t10-,14-,15+,17+,22+/m1/s1. The maximum atomic E-state index is 13.6. The third kappa shape index (κ3) is 2.42. The van der Waals surface area contributed by atoms with E-state index in [1.54, 1.807) is 0 Å². The summed E-state index contributed by atoms with van der Waals surface area (Å²) in [6.07, 6.45) is -1.67. The SMILES string of the molecule is C=C1c2cccc(O)c2C(O)=C2C(=O)[C@]3(O)C(O)=C(C(N)=O)C(=O)[C@@H]([NH+](C)C)[C@@H]3[C@@H](O)[C@H]12. The van der Waals surface area contributed by atoms with Crippen molar-refractivity contribution in [1.82, 2.24) is 0 Å². The predicted octanol–water partition coefficient (Wildman–Crippen LogP) is -2.01. The van der Waals surface area contributed by atoms with E-state index < -0.39 is 69.7 Å². The molecule has 5 atom stereocenters. The maximum Gasteiger partial charge on any atom is 0.256 e. The Morgan fingerprint density at radius 1 is 1.19 bits per heavy atom. The minimum Gasteiger partial charge on any atom is -0.508 e. The van der Waals surface area contributed by atoms with Gasteiger partial charge in [0.2, 0.25) is 11.6 Å². The van der Waals surface area contributed by atoms with E-state index in [-0.39, 0.29) is 22.4 Å². The normalized spacial score (nSPS) is 32.1. The number of aliphatic hydroxyl groups is 4. The zero-order valence-electron chi connectivity index (χ0n) is 17.3. The Morgan fingerprint density at radius 3 is 2.38 bits per heavy atom. The van der Waals surface area contributed by atoms with Crippen molar-refractivity contribution in [3.8, 4) is 5.75 Å². The highest BCUT2D eigenvalue weighted by Crippen LogP contribution is 2.54. The first-order valence-electron chi connectivity index (χ1n) is 9.84. The molecule has 168 valence electrons. The number of ketones is 2. The largest absolute Gasteiger partial charge is 0.508 e. The summed E-state index contributed by atoms with van der Waals surface area (Å²) in [5.41, 5.74) is 1.25. The number of aromatic hydroxyl groups is 1. The summed E-state index contributed by atoms with van der Waals surface area (Å²) >= 11 is 0. The molecule has 10 nitrogen and oxygen atoms in total. The molecule has 0 bridgehead atoms. The molecule has 0 unspecified atom stereocenters. The number of amides is 1. The average molecular weight is 443 g/mol. The Hall–Kier alpha value is -3.47. The molecule has 0 radical (unpaired) electrons. The molecular formula is C22H23N2O8+. The van der Waals surface area contributed by atoms with Gasteiger partial charge >= 0.3 is 0 Å². The Bertz CT molecular complexity index is 1180. The monoisotopic (exact) mass is 443 g/mol. The number of carbonyl (C=O) groups is 3. The fourth-order valence-corrected chi connectivity index (χ4v) is 5.31. The lowest BCUT2D eigenvalue weighted by Crippen LogP contribution is -3.13. The molecule has 3 aliphatic carbocycles. The molecule has 1 aromatic carbocycles. The molecule has 1 aromatic rings. The summed E-state index contributed by atoms with van der Waals surface area (Å²) in [4.78, 5) is 39.0. The number of rotatable bonds is 2. The number of nitrogens with two attached hydrogens (primary N) is 1. The number of carbonyl (C=O) groups excluding carboxylic acids is 3. The van der Waals surface area contributed by atoms with Crippen LogP contribution in [0.4, 0.5) is 0 Å². The summed E-state index contributed by atoms with van der Waals surface area (Å²) in [5, 5.41) is 54.7. The number of nitrogens with one attached hydrogen (secondary N) is 1. The molecular weight excluding hydrogens is 420 g/mol. The highest BCUT2D eigenvalue weighted by atomic mass is 16.4. The Labute approximate surface area is 182 Å². The number of Topliss-reactive ketones (excluding diaryl/α,β-unsaturated/α-hetero) is 2. The molecule has 0 spiro atoms. The molecule has 32 heavy (non-hydrogen) atoms. The van der Waals surface area contributed by atoms with E-state index in [4.69, 9.17) is 5.73 Å². The molecule has 1 amide bonds. The molecule has 0 saturated heterocycles. The van der Waals surface area contributed by atoms with Gasteiger partial charge in [-0.15, -0.1) is 0 Å². The van der Waals surface area contributed by atoms with Crippen molar-refractivity contribution in [3.05, 3.63) is 52.8 Å². The lowest BCUT2D eigenvalue weighted by molar-refractivity contribution is -0.881. The van der Waals surface area contributed by atoms with E-state index in [2.05, 4.69) is 6.58 Å². The van der Waals surface area contributed by atoms with Crippen molar-refractivity contribution in [2.45, 2.75) is 17.7 Å². The average Bonchev–Trinajstić information content (AvgIpc) is 2.70. The lowest BCUT2D eigenvalue weighted by atomic mass is 9.55. The zero-order valence-corrected chi connectivity index (χ0v) is 17.3. The molecule has 10 heteroatoms. The summed E-state index contributed by atoms with van der Waals surface area (Å²) in [6, 6.07) is 2.98. The van der Waals surface area contributed by atoms with Crippen LogP contribution in [0.1, 0.15) is 11.1 Å². The van der Waals surface area contributed by atoms with Gasteiger partial charge in [0.25, 0.3) is 5.91 Å². The zero-order chi connectivity index (χ0) is 23.9. The van der Waals surface area contributed by atoms with E-state index in [0.29, 0.717) is 4.90 Å². The highest BCUT2D eigenvalue weighted by molar-refractivity contribution is 6.24. The van der Waals surface area contributed by atoms with Crippen LogP contribution < -0.4 is 10.6 Å². The highest BCUT2D eigenvalue weighted by Gasteiger charge is 2.69. The fraction of sp³-hybridized carbons (Fsp3) is 0.318. The molecule has 0 aliphatic heterocycles. The van der Waals surface area contributed by atoms with Gasteiger partial charge in [0.15, 0.2) is 11.6 Å². The van der Waals surface area contributed by atoms with Gasteiger partial charge in [-0.25, -0.2) is 0 Å². The first kappa shape index (κ1) is 21.8. The summed E-state index contributed by atoms with van der Waals surface area (Å²) in [5.74, 6) is -8.64. The van der Waals surface area contributed by atoms with Crippen molar-refractivity contribution in [3.63, 3.8) is 0 Å². The van der Waals surface area contributed by atoms with E-state index in [1.807, 2.05) is 0 Å². The second-order valence-electron chi connectivity index (χ2n) is 8.58. The number of phenols is 1. The van der Waals surface area contributed by atoms with Crippen LogP contribution >= 0.6 is 0 Å². The number of likely N-dealkylation sites (N-methyl/N-ethyl adjacent to an activating group) is 1. The second-order valence-corrected chi connectivity index (χ2v) is 8.58. The van der Waals surface area contributed by atoms with Crippen LogP contribution in [0, 0.1) is 11.8 Å². The van der Waals surface area contributed by atoms with Crippen LogP contribution in [-0.4, -0.2) is 74.8 Å². The number of hydrogen-bond donors (Lipinski definition) is 7. The third-order valence-corrected chi connectivity index (χ3v) is 6.70. The molecule has 3 aliphatic rings. The first-order valence-corrected chi connectivity index (χ1v) is 9.84. The molecule has 1 fully saturated rings. The molecule has 1 saturated carbocycles. The minimum atomic E-state index is -2.92. The number of aliphatic hydroxyl groups excluding tert-OH is 3. The molecule has 8 N–H and O–H groups in total. The van der Waals surface area contributed by atoms with Crippen LogP contribution in [0.15, 0.2) is 41.7 Å². The van der Waals surface area contributed by atoms with Gasteiger partial charge in [-0.05, 0) is 17.2 Å². The topological polar surface area (TPSA) is 183 Å². The summed E-state index contributed by atoms with van der Waals surface area (Å²) in [7, 11) is 3.04. The fourth-order valence-electron chi connectivity index (χ4n) is 5.31. The van der Waals surface area contributed by atoms with Crippen LogP contribution in [0.3, 0.4) is 0 Å². The number of quaternary nitrogens is 1. The molecule has 0 aromatic heterocycles. The van der Waals surface area contributed by atoms with Crippen LogP contribution in [-0.2, 0) is 14.4 Å². The van der Waals surface area contributed by atoms with Gasteiger partial charge in [-0.3, -0.25) is 14.4 Å². The molecule has 0 heterocycles. The van der Waals surface area contributed by atoms with E-state index in [9.17, 15) is 39.9 Å². The van der Waals surface area contributed by atoms with Crippen LogP contribution in [0.25, 0.3) is 11.3 Å². The van der Waals surface area contributed by atoms with Gasteiger partial charge in [-0.2, -0.15) is 0 Å². The Balaban J connectivity index is 2.08. The molecule has 4 rings (SSSR count). The Kier molecular flexibility index (Phi) is 4.60. The van der Waals surface area contributed by atoms with Gasteiger partial charge in [0, 0.05) is 5.92 Å². The number of benzene rings is 1. The maximum absolute atomic E-state index is 13.6. The lowest BCUT2D eigenvalue weighted by Gasteiger charge is -2.51. The third-order valence-electron chi connectivity index (χ3n) is 6.70. The van der Waals surface area contributed by atoms with Crippen molar-refractivity contribution in [2.75, 3.05) is 14.1 Å². The van der Waals surface area contributed by atoms with Gasteiger partial charge < -0.3 is 36.2 Å². The van der Waals surface area contributed by atoms with E-state index >= 15 is 0 Å².